The average Bonchev–Trinajstić information content (AvgIpc) is 2.86. The van der Waals surface area contributed by atoms with Crippen molar-refractivity contribution in [3.05, 3.63) is 59.7 Å². The molecule has 2 aromatic rings. The van der Waals surface area contributed by atoms with Crippen molar-refractivity contribution in [2.24, 2.45) is 0 Å². The first-order valence-corrected chi connectivity index (χ1v) is 10.9. The summed E-state index contributed by atoms with van der Waals surface area (Å²) in [4.78, 5) is 16.6. The summed E-state index contributed by atoms with van der Waals surface area (Å²) in [5.74, 6) is -1.55. The van der Waals surface area contributed by atoms with Crippen LogP contribution in [-0.4, -0.2) is 51.7 Å². The summed E-state index contributed by atoms with van der Waals surface area (Å²) < 4.78 is 49.8. The fourth-order valence-corrected chi connectivity index (χ4v) is 3.96. The fourth-order valence-electron chi connectivity index (χ4n) is 3.33. The monoisotopic (exact) mass is 408 g/mol. The van der Waals surface area contributed by atoms with Crippen molar-refractivity contribution >= 4 is 21.4 Å². The van der Waals surface area contributed by atoms with Crippen molar-refractivity contribution < 1.29 is 22.0 Å². The van der Waals surface area contributed by atoms with Gasteiger partial charge in [0.15, 0.2) is 9.84 Å². The van der Waals surface area contributed by atoms with Crippen molar-refractivity contribution in [2.75, 3.05) is 37.3 Å². The summed E-state index contributed by atoms with van der Waals surface area (Å²) in [5.41, 5.74) is 1.22. The third kappa shape index (κ3) is 5.07. The largest absolute Gasteiger partial charge is 0.370 e. The van der Waals surface area contributed by atoms with E-state index in [0.29, 0.717) is 25.2 Å². The van der Waals surface area contributed by atoms with E-state index in [0.717, 1.165) is 24.7 Å². The Hall–Kier alpha value is -2.48. The van der Waals surface area contributed by atoms with Crippen LogP contribution in [0.3, 0.4) is 0 Å². The van der Waals surface area contributed by atoms with Gasteiger partial charge in [-0.3, -0.25) is 4.79 Å². The van der Waals surface area contributed by atoms with Crippen molar-refractivity contribution in [1.29, 1.82) is 0 Å². The minimum atomic E-state index is -3.24. The van der Waals surface area contributed by atoms with E-state index in [4.69, 9.17) is 0 Å². The van der Waals surface area contributed by atoms with Crippen LogP contribution in [0.2, 0.25) is 0 Å². The first-order valence-electron chi connectivity index (χ1n) is 9.00. The van der Waals surface area contributed by atoms with Gasteiger partial charge >= 0.3 is 0 Å². The Kier molecular flexibility index (Phi) is 5.98. The highest BCUT2D eigenvalue weighted by atomic mass is 32.2. The number of hydrogen-bond donors (Lipinski definition) is 0. The summed E-state index contributed by atoms with van der Waals surface area (Å²) >= 11 is 0. The highest BCUT2D eigenvalue weighted by Crippen LogP contribution is 2.20. The molecule has 1 aliphatic rings. The predicted octanol–water partition coefficient (Wildman–Crippen LogP) is 2.65. The summed E-state index contributed by atoms with van der Waals surface area (Å²) in [6.07, 6.45) is 1.87. The molecule has 0 aromatic heterocycles. The zero-order valence-corrected chi connectivity index (χ0v) is 16.4. The van der Waals surface area contributed by atoms with Crippen LogP contribution in [0.5, 0.6) is 0 Å². The van der Waals surface area contributed by atoms with Crippen LogP contribution in [-0.2, 0) is 21.1 Å². The van der Waals surface area contributed by atoms with Gasteiger partial charge in [-0.15, -0.1) is 0 Å². The van der Waals surface area contributed by atoms with E-state index in [9.17, 15) is 22.0 Å². The van der Waals surface area contributed by atoms with Gasteiger partial charge < -0.3 is 9.80 Å². The second-order valence-corrected chi connectivity index (χ2v) is 8.96. The summed E-state index contributed by atoms with van der Waals surface area (Å²) in [6, 6.07) is 9.83. The standard InChI is InChI=1S/C20H22F2N2O3S/c1-28(26,27)19-5-3-18(4-6-19)23-7-2-8-24(10-9-23)20(25)13-15-11-16(21)14-17(22)12-15/h3-6,11-12,14H,2,7-10,13H2,1H3. The minimum Gasteiger partial charge on any atom is -0.370 e. The molecular weight excluding hydrogens is 386 g/mol. The van der Waals surface area contributed by atoms with Crippen LogP contribution in [0, 0.1) is 11.6 Å². The Morgan fingerprint density at radius 3 is 2.21 bits per heavy atom. The lowest BCUT2D eigenvalue weighted by molar-refractivity contribution is -0.130. The number of carbonyl (C=O) groups excluding carboxylic acids is 1. The number of rotatable bonds is 4. The van der Waals surface area contributed by atoms with E-state index in [-0.39, 0.29) is 17.2 Å². The summed E-state index contributed by atoms with van der Waals surface area (Å²) in [6.45, 7) is 2.39. The molecule has 1 aliphatic heterocycles. The molecule has 0 atom stereocenters. The van der Waals surface area contributed by atoms with Crippen LogP contribution in [0.25, 0.3) is 0 Å². The number of sulfone groups is 1. The third-order valence-electron chi connectivity index (χ3n) is 4.76. The van der Waals surface area contributed by atoms with E-state index >= 15 is 0 Å². The van der Waals surface area contributed by atoms with Gasteiger partial charge in [0.05, 0.1) is 11.3 Å². The van der Waals surface area contributed by atoms with Crippen LogP contribution in [0.15, 0.2) is 47.4 Å². The molecule has 0 aliphatic carbocycles. The Morgan fingerprint density at radius 1 is 0.964 bits per heavy atom. The van der Waals surface area contributed by atoms with Gasteiger partial charge in [0, 0.05) is 44.2 Å². The second kappa shape index (κ2) is 8.26. The molecule has 5 nitrogen and oxygen atoms in total. The predicted molar refractivity (Wildman–Crippen MR) is 103 cm³/mol. The number of amides is 1. The van der Waals surface area contributed by atoms with E-state index in [1.807, 2.05) is 0 Å². The maximum absolute atomic E-state index is 13.3. The Labute approximate surface area is 163 Å². The molecule has 0 spiro atoms. The molecule has 2 aromatic carbocycles. The average molecular weight is 408 g/mol. The first kappa shape index (κ1) is 20.3. The maximum Gasteiger partial charge on any atom is 0.227 e. The SMILES string of the molecule is CS(=O)(=O)c1ccc(N2CCCN(C(=O)Cc3cc(F)cc(F)c3)CC2)cc1. The lowest BCUT2D eigenvalue weighted by Crippen LogP contribution is -2.36. The highest BCUT2D eigenvalue weighted by Gasteiger charge is 2.20. The number of carbonyl (C=O) groups is 1. The van der Waals surface area contributed by atoms with Crippen molar-refractivity contribution in [1.82, 2.24) is 4.90 Å². The van der Waals surface area contributed by atoms with E-state index in [1.165, 1.54) is 18.4 Å². The molecule has 8 heteroatoms. The second-order valence-electron chi connectivity index (χ2n) is 6.94. The van der Waals surface area contributed by atoms with Gasteiger partial charge in [0.1, 0.15) is 11.6 Å². The highest BCUT2D eigenvalue weighted by molar-refractivity contribution is 7.90. The Balaban J connectivity index is 1.63. The topological polar surface area (TPSA) is 57.7 Å². The molecule has 0 bridgehead atoms. The normalized spacial score (nSPS) is 15.4. The van der Waals surface area contributed by atoms with E-state index in [1.54, 1.807) is 29.2 Å². The van der Waals surface area contributed by atoms with Crippen LogP contribution in [0.1, 0.15) is 12.0 Å². The molecular formula is C20H22F2N2O3S. The number of nitrogens with zero attached hydrogens (tertiary/aromatic N) is 2. The molecule has 0 radical (unpaired) electrons. The summed E-state index contributed by atoms with van der Waals surface area (Å²) in [7, 11) is -3.24. The van der Waals surface area contributed by atoms with Crippen molar-refractivity contribution in [3.63, 3.8) is 0 Å². The number of anilines is 1. The van der Waals surface area contributed by atoms with E-state index in [2.05, 4.69) is 4.90 Å². The molecule has 1 saturated heterocycles. The quantitative estimate of drug-likeness (QED) is 0.781. The van der Waals surface area contributed by atoms with Crippen LogP contribution < -0.4 is 4.90 Å². The zero-order chi connectivity index (χ0) is 20.3. The first-order chi connectivity index (χ1) is 13.2. The van der Waals surface area contributed by atoms with Gasteiger partial charge in [-0.25, -0.2) is 17.2 Å². The molecule has 0 saturated carbocycles. The molecule has 150 valence electrons. The van der Waals surface area contributed by atoms with E-state index < -0.39 is 21.5 Å². The summed E-state index contributed by atoms with van der Waals surface area (Å²) in [5, 5.41) is 0. The van der Waals surface area contributed by atoms with Crippen molar-refractivity contribution in [3.8, 4) is 0 Å². The van der Waals surface area contributed by atoms with Crippen LogP contribution in [0.4, 0.5) is 14.5 Å². The Morgan fingerprint density at radius 2 is 1.61 bits per heavy atom. The molecule has 1 amide bonds. The smallest absolute Gasteiger partial charge is 0.227 e. The molecule has 0 unspecified atom stereocenters. The number of benzene rings is 2. The van der Waals surface area contributed by atoms with Gasteiger partial charge in [-0.1, -0.05) is 0 Å². The molecule has 3 rings (SSSR count). The minimum absolute atomic E-state index is 0.0439. The number of hydrogen-bond acceptors (Lipinski definition) is 4. The zero-order valence-electron chi connectivity index (χ0n) is 15.6. The fraction of sp³-hybridized carbons (Fsp3) is 0.350. The molecule has 1 fully saturated rings. The van der Waals surface area contributed by atoms with Gasteiger partial charge in [-0.2, -0.15) is 0 Å². The Bertz CT molecular complexity index is 942. The molecule has 28 heavy (non-hydrogen) atoms. The van der Waals surface area contributed by atoms with Crippen LogP contribution >= 0.6 is 0 Å². The lowest BCUT2D eigenvalue weighted by Gasteiger charge is -2.24. The molecule has 0 N–H and O–H groups in total. The molecule has 1 heterocycles. The third-order valence-corrected chi connectivity index (χ3v) is 5.88. The van der Waals surface area contributed by atoms with Gasteiger partial charge in [-0.05, 0) is 48.4 Å². The van der Waals surface area contributed by atoms with Gasteiger partial charge in [0.2, 0.25) is 5.91 Å². The van der Waals surface area contributed by atoms with Crippen molar-refractivity contribution in [2.45, 2.75) is 17.7 Å². The maximum atomic E-state index is 13.3. The number of halogens is 2. The van der Waals surface area contributed by atoms with Gasteiger partial charge in [0.25, 0.3) is 0 Å². The lowest BCUT2D eigenvalue weighted by atomic mass is 10.1.